The van der Waals surface area contributed by atoms with E-state index in [-0.39, 0.29) is 16.8 Å². The lowest BCUT2D eigenvalue weighted by Gasteiger charge is -2.24. The zero-order chi connectivity index (χ0) is 23.1. The third kappa shape index (κ3) is 6.06. The summed E-state index contributed by atoms with van der Waals surface area (Å²) in [4.78, 5) is 12.5. The molecule has 32 heavy (non-hydrogen) atoms. The molecule has 8 nitrogen and oxygen atoms in total. The summed E-state index contributed by atoms with van der Waals surface area (Å²) in [6, 6.07) is 10.9. The molecule has 1 aliphatic rings. The SMILES string of the molecule is COc1ccc(NS(=O)(=O)c2ccc(O[C@@H](C)C(=O)NC3CCCCC3)cc2)cc1OC. The van der Waals surface area contributed by atoms with Gasteiger partial charge < -0.3 is 19.5 Å². The van der Waals surface area contributed by atoms with Gasteiger partial charge in [-0.05, 0) is 56.2 Å². The van der Waals surface area contributed by atoms with Gasteiger partial charge in [0.15, 0.2) is 17.6 Å². The van der Waals surface area contributed by atoms with E-state index in [4.69, 9.17) is 14.2 Å². The van der Waals surface area contributed by atoms with Gasteiger partial charge in [0, 0.05) is 12.1 Å². The second kappa shape index (κ2) is 10.6. The van der Waals surface area contributed by atoms with E-state index < -0.39 is 16.1 Å². The van der Waals surface area contributed by atoms with Crippen LogP contribution in [0, 0.1) is 0 Å². The first-order chi connectivity index (χ1) is 15.3. The van der Waals surface area contributed by atoms with Gasteiger partial charge in [0.05, 0.1) is 24.8 Å². The number of methoxy groups -OCH3 is 2. The number of sulfonamides is 1. The Balaban J connectivity index is 1.62. The van der Waals surface area contributed by atoms with Crippen LogP contribution in [0.2, 0.25) is 0 Å². The minimum Gasteiger partial charge on any atom is -0.493 e. The van der Waals surface area contributed by atoms with Crippen LogP contribution in [0.25, 0.3) is 0 Å². The number of carbonyl (C=O) groups is 1. The van der Waals surface area contributed by atoms with Gasteiger partial charge in [-0.15, -0.1) is 0 Å². The van der Waals surface area contributed by atoms with E-state index in [0.717, 1.165) is 25.7 Å². The normalized spacial score (nSPS) is 15.5. The van der Waals surface area contributed by atoms with Crippen molar-refractivity contribution in [1.29, 1.82) is 0 Å². The molecule has 2 aromatic carbocycles. The number of amides is 1. The highest BCUT2D eigenvalue weighted by Crippen LogP contribution is 2.31. The molecule has 1 atom stereocenters. The van der Waals surface area contributed by atoms with Crippen molar-refractivity contribution in [1.82, 2.24) is 5.32 Å². The molecule has 0 spiro atoms. The Morgan fingerprint density at radius 3 is 2.25 bits per heavy atom. The Morgan fingerprint density at radius 2 is 1.62 bits per heavy atom. The van der Waals surface area contributed by atoms with Gasteiger partial charge in [0.2, 0.25) is 0 Å². The number of nitrogens with one attached hydrogen (secondary N) is 2. The Labute approximate surface area is 189 Å². The summed E-state index contributed by atoms with van der Waals surface area (Å²) < 4.78 is 44.1. The number of benzene rings is 2. The van der Waals surface area contributed by atoms with Crippen LogP contribution in [0.3, 0.4) is 0 Å². The average Bonchev–Trinajstić information content (AvgIpc) is 2.79. The number of carbonyl (C=O) groups excluding carboxylic acids is 1. The van der Waals surface area contributed by atoms with Crippen molar-refractivity contribution in [2.24, 2.45) is 0 Å². The van der Waals surface area contributed by atoms with Crippen molar-refractivity contribution in [3.63, 3.8) is 0 Å². The van der Waals surface area contributed by atoms with E-state index in [1.165, 1.54) is 44.9 Å². The molecule has 0 unspecified atom stereocenters. The molecule has 0 aliphatic heterocycles. The number of ether oxygens (including phenoxy) is 3. The molecule has 2 aromatic rings. The summed E-state index contributed by atoms with van der Waals surface area (Å²) in [6.07, 6.45) is 4.80. The highest BCUT2D eigenvalue weighted by atomic mass is 32.2. The fourth-order valence-electron chi connectivity index (χ4n) is 3.63. The predicted octanol–water partition coefficient (Wildman–Crippen LogP) is 3.72. The van der Waals surface area contributed by atoms with Gasteiger partial charge in [-0.25, -0.2) is 8.42 Å². The molecule has 0 radical (unpaired) electrons. The maximum atomic E-state index is 12.7. The van der Waals surface area contributed by atoms with E-state index >= 15 is 0 Å². The Morgan fingerprint density at radius 1 is 0.969 bits per heavy atom. The van der Waals surface area contributed by atoms with Crippen LogP contribution in [0.5, 0.6) is 17.2 Å². The van der Waals surface area contributed by atoms with Crippen molar-refractivity contribution in [3.8, 4) is 17.2 Å². The van der Waals surface area contributed by atoms with Crippen molar-refractivity contribution < 1.29 is 27.4 Å². The number of anilines is 1. The van der Waals surface area contributed by atoms with Gasteiger partial charge in [0.25, 0.3) is 15.9 Å². The first kappa shape index (κ1) is 23.7. The molecule has 1 fully saturated rings. The van der Waals surface area contributed by atoms with E-state index in [1.54, 1.807) is 25.1 Å². The predicted molar refractivity (Wildman–Crippen MR) is 122 cm³/mol. The minimum absolute atomic E-state index is 0.0685. The monoisotopic (exact) mass is 462 g/mol. The van der Waals surface area contributed by atoms with Crippen molar-refractivity contribution in [3.05, 3.63) is 42.5 Å². The molecule has 0 aromatic heterocycles. The summed E-state index contributed by atoms with van der Waals surface area (Å²) in [7, 11) is -0.837. The number of hydrogen-bond acceptors (Lipinski definition) is 6. The van der Waals surface area contributed by atoms with E-state index in [2.05, 4.69) is 10.0 Å². The van der Waals surface area contributed by atoms with Crippen LogP contribution in [-0.4, -0.2) is 40.7 Å². The van der Waals surface area contributed by atoms with Crippen molar-refractivity contribution in [2.45, 2.75) is 56.1 Å². The van der Waals surface area contributed by atoms with Gasteiger partial charge in [-0.2, -0.15) is 0 Å². The Bertz CT molecular complexity index is 1020. The highest BCUT2D eigenvalue weighted by molar-refractivity contribution is 7.92. The number of rotatable bonds is 9. The topological polar surface area (TPSA) is 103 Å². The molecular weight excluding hydrogens is 432 g/mol. The second-order valence-electron chi connectivity index (χ2n) is 7.75. The average molecular weight is 463 g/mol. The molecule has 1 aliphatic carbocycles. The van der Waals surface area contributed by atoms with Crippen LogP contribution < -0.4 is 24.2 Å². The number of hydrogen-bond donors (Lipinski definition) is 2. The lowest BCUT2D eigenvalue weighted by molar-refractivity contribution is -0.128. The van der Waals surface area contributed by atoms with Crippen LogP contribution in [-0.2, 0) is 14.8 Å². The Hall–Kier alpha value is -2.94. The van der Waals surface area contributed by atoms with Crippen LogP contribution in [0.1, 0.15) is 39.0 Å². The zero-order valence-corrected chi connectivity index (χ0v) is 19.4. The third-order valence-electron chi connectivity index (χ3n) is 5.40. The first-order valence-electron chi connectivity index (χ1n) is 10.6. The Kier molecular flexibility index (Phi) is 7.84. The molecule has 0 saturated heterocycles. The highest BCUT2D eigenvalue weighted by Gasteiger charge is 2.21. The maximum absolute atomic E-state index is 12.7. The van der Waals surface area contributed by atoms with Crippen molar-refractivity contribution in [2.75, 3.05) is 18.9 Å². The first-order valence-corrected chi connectivity index (χ1v) is 12.1. The summed E-state index contributed by atoms with van der Waals surface area (Å²) in [6.45, 7) is 1.68. The zero-order valence-electron chi connectivity index (χ0n) is 18.6. The molecule has 174 valence electrons. The standard InChI is InChI=1S/C23H30N2O6S/c1-16(23(26)24-17-7-5-4-6-8-17)31-19-10-12-20(13-11-19)32(27,28)25-18-9-14-21(29-2)22(15-18)30-3/h9-17,25H,4-8H2,1-3H3,(H,24,26)/t16-/m0/s1. The summed E-state index contributed by atoms with van der Waals surface area (Å²) in [5.41, 5.74) is 0.344. The van der Waals surface area contributed by atoms with Gasteiger partial charge in [-0.3, -0.25) is 9.52 Å². The molecule has 3 rings (SSSR count). The summed E-state index contributed by atoms with van der Waals surface area (Å²) in [5.74, 6) is 1.17. The molecule has 9 heteroatoms. The quantitative estimate of drug-likeness (QED) is 0.589. The molecule has 0 heterocycles. The third-order valence-corrected chi connectivity index (χ3v) is 6.80. The van der Waals surface area contributed by atoms with E-state index in [0.29, 0.717) is 22.9 Å². The lowest BCUT2D eigenvalue weighted by Crippen LogP contribution is -2.43. The molecular formula is C23H30N2O6S. The van der Waals surface area contributed by atoms with Gasteiger partial charge >= 0.3 is 0 Å². The van der Waals surface area contributed by atoms with Gasteiger partial charge in [0.1, 0.15) is 5.75 Å². The van der Waals surface area contributed by atoms with Crippen LogP contribution in [0.4, 0.5) is 5.69 Å². The molecule has 2 N–H and O–H groups in total. The molecule has 1 amide bonds. The van der Waals surface area contributed by atoms with Crippen LogP contribution in [0.15, 0.2) is 47.4 Å². The lowest BCUT2D eigenvalue weighted by atomic mass is 9.95. The second-order valence-corrected chi connectivity index (χ2v) is 9.43. The van der Waals surface area contributed by atoms with Crippen molar-refractivity contribution >= 4 is 21.6 Å². The molecule has 0 bridgehead atoms. The van der Waals surface area contributed by atoms with E-state index in [1.807, 2.05) is 0 Å². The maximum Gasteiger partial charge on any atom is 0.261 e. The smallest absolute Gasteiger partial charge is 0.261 e. The summed E-state index contributed by atoms with van der Waals surface area (Å²) >= 11 is 0. The van der Waals surface area contributed by atoms with E-state index in [9.17, 15) is 13.2 Å². The fraction of sp³-hybridized carbons (Fsp3) is 0.435. The van der Waals surface area contributed by atoms with Crippen LogP contribution >= 0.6 is 0 Å². The fourth-order valence-corrected chi connectivity index (χ4v) is 4.68. The minimum atomic E-state index is -3.82. The van der Waals surface area contributed by atoms with Gasteiger partial charge in [-0.1, -0.05) is 19.3 Å². The largest absolute Gasteiger partial charge is 0.493 e. The molecule has 1 saturated carbocycles. The summed E-state index contributed by atoms with van der Waals surface area (Å²) in [5, 5.41) is 3.03.